The van der Waals surface area contributed by atoms with E-state index in [1.165, 1.54) is 0 Å². The van der Waals surface area contributed by atoms with Crippen molar-refractivity contribution in [2.75, 3.05) is 25.0 Å². The molecule has 2 N–H and O–H groups in total. The van der Waals surface area contributed by atoms with Crippen molar-refractivity contribution in [3.8, 4) is 0 Å². The van der Waals surface area contributed by atoms with Crippen molar-refractivity contribution in [2.45, 2.75) is 25.9 Å². The standard InChI is InChI=1S/C21H24ClN5O2/c22-16-5-1-2-6-17(16)25-21(29)18-13-24-19-14-26(10-11-27(18)19)20(28)8-7-15-4-3-9-23-12-15/h1-2,5-8,13,15,23H,3-4,9-12,14H2,(H,25,29)/b8-7+. The maximum absolute atomic E-state index is 12.7. The highest BCUT2D eigenvalue weighted by Crippen LogP contribution is 2.22. The predicted octanol–water partition coefficient (Wildman–Crippen LogP) is 2.69. The first-order valence-electron chi connectivity index (χ1n) is 9.90. The molecule has 1 aromatic heterocycles. The average Bonchev–Trinajstić information content (AvgIpc) is 3.18. The maximum atomic E-state index is 12.7. The topological polar surface area (TPSA) is 79.3 Å². The number of para-hydroxylation sites is 1. The van der Waals surface area contributed by atoms with Crippen LogP contribution in [0.25, 0.3) is 0 Å². The van der Waals surface area contributed by atoms with E-state index in [1.54, 1.807) is 29.3 Å². The van der Waals surface area contributed by atoms with Gasteiger partial charge in [-0.3, -0.25) is 9.59 Å². The Balaban J connectivity index is 1.40. The molecule has 3 heterocycles. The van der Waals surface area contributed by atoms with Crippen LogP contribution in [0.4, 0.5) is 5.69 Å². The van der Waals surface area contributed by atoms with Gasteiger partial charge in [-0.05, 0) is 43.5 Å². The van der Waals surface area contributed by atoms with Gasteiger partial charge >= 0.3 is 0 Å². The van der Waals surface area contributed by atoms with Crippen LogP contribution in [0, 0.1) is 5.92 Å². The van der Waals surface area contributed by atoms with Crippen LogP contribution in [0.2, 0.25) is 5.02 Å². The van der Waals surface area contributed by atoms with Crippen LogP contribution >= 0.6 is 11.6 Å². The van der Waals surface area contributed by atoms with Crippen molar-refractivity contribution in [2.24, 2.45) is 5.92 Å². The first-order chi connectivity index (χ1) is 14.1. The zero-order valence-corrected chi connectivity index (χ0v) is 16.9. The molecule has 0 spiro atoms. The number of benzene rings is 1. The normalized spacial score (nSPS) is 19.2. The zero-order chi connectivity index (χ0) is 20.2. The van der Waals surface area contributed by atoms with Crippen molar-refractivity contribution < 1.29 is 9.59 Å². The number of nitrogens with zero attached hydrogens (tertiary/aromatic N) is 3. The molecular formula is C21H24ClN5O2. The average molecular weight is 414 g/mol. The lowest BCUT2D eigenvalue weighted by Gasteiger charge is -2.28. The summed E-state index contributed by atoms with van der Waals surface area (Å²) >= 11 is 6.12. The zero-order valence-electron chi connectivity index (χ0n) is 16.1. The highest BCUT2D eigenvalue weighted by Gasteiger charge is 2.25. The Bertz CT molecular complexity index is 933. The summed E-state index contributed by atoms with van der Waals surface area (Å²) in [6.45, 7) is 3.45. The quantitative estimate of drug-likeness (QED) is 0.755. The monoisotopic (exact) mass is 413 g/mol. The molecule has 0 saturated carbocycles. The summed E-state index contributed by atoms with van der Waals surface area (Å²) in [5.41, 5.74) is 1.03. The van der Waals surface area contributed by atoms with E-state index in [-0.39, 0.29) is 11.8 Å². The van der Waals surface area contributed by atoms with E-state index in [2.05, 4.69) is 15.6 Å². The van der Waals surface area contributed by atoms with E-state index in [0.29, 0.717) is 47.8 Å². The number of imidazole rings is 1. The molecule has 4 rings (SSSR count). The van der Waals surface area contributed by atoms with E-state index in [0.717, 1.165) is 25.9 Å². The summed E-state index contributed by atoms with van der Waals surface area (Å²) in [6.07, 6.45) is 7.51. The molecule has 1 unspecified atom stereocenters. The lowest BCUT2D eigenvalue weighted by Crippen LogP contribution is -2.38. The fraction of sp³-hybridized carbons (Fsp3) is 0.381. The molecule has 1 saturated heterocycles. The van der Waals surface area contributed by atoms with Gasteiger partial charge in [0, 0.05) is 19.6 Å². The molecular weight excluding hydrogens is 390 g/mol. The van der Waals surface area contributed by atoms with Crippen LogP contribution < -0.4 is 10.6 Å². The number of piperidine rings is 1. The van der Waals surface area contributed by atoms with Gasteiger partial charge in [0.15, 0.2) is 0 Å². The van der Waals surface area contributed by atoms with Crippen molar-refractivity contribution >= 4 is 29.1 Å². The second kappa shape index (κ2) is 8.80. The fourth-order valence-corrected chi connectivity index (χ4v) is 3.93. The van der Waals surface area contributed by atoms with E-state index in [9.17, 15) is 9.59 Å². The molecule has 0 bridgehead atoms. The summed E-state index contributed by atoms with van der Waals surface area (Å²) in [5, 5.41) is 6.66. The maximum Gasteiger partial charge on any atom is 0.273 e. The second-order valence-electron chi connectivity index (χ2n) is 7.37. The number of halogens is 1. The van der Waals surface area contributed by atoms with Crippen LogP contribution in [0.15, 0.2) is 42.6 Å². The van der Waals surface area contributed by atoms with Gasteiger partial charge in [-0.25, -0.2) is 4.98 Å². The van der Waals surface area contributed by atoms with E-state index in [4.69, 9.17) is 11.6 Å². The van der Waals surface area contributed by atoms with Crippen molar-refractivity contribution in [1.82, 2.24) is 19.8 Å². The van der Waals surface area contributed by atoms with Gasteiger partial charge in [-0.1, -0.05) is 29.8 Å². The number of hydrogen-bond acceptors (Lipinski definition) is 4. The minimum absolute atomic E-state index is 0.00751. The van der Waals surface area contributed by atoms with Gasteiger partial charge in [0.25, 0.3) is 5.91 Å². The van der Waals surface area contributed by atoms with E-state index in [1.807, 2.05) is 22.8 Å². The molecule has 1 atom stereocenters. The fourth-order valence-electron chi connectivity index (χ4n) is 3.75. The number of aromatic nitrogens is 2. The Morgan fingerprint density at radius 3 is 2.93 bits per heavy atom. The molecule has 152 valence electrons. The number of rotatable bonds is 4. The molecule has 2 aliphatic heterocycles. The van der Waals surface area contributed by atoms with Gasteiger partial charge in [0.05, 0.1) is 23.5 Å². The lowest BCUT2D eigenvalue weighted by atomic mass is 9.99. The van der Waals surface area contributed by atoms with Crippen LogP contribution in [0.3, 0.4) is 0 Å². The van der Waals surface area contributed by atoms with Gasteiger partial charge in [-0.15, -0.1) is 0 Å². The highest BCUT2D eigenvalue weighted by atomic mass is 35.5. The van der Waals surface area contributed by atoms with Gasteiger partial charge in [0.2, 0.25) is 5.91 Å². The van der Waals surface area contributed by atoms with Crippen LogP contribution in [0.1, 0.15) is 29.2 Å². The smallest absolute Gasteiger partial charge is 0.273 e. The third kappa shape index (κ3) is 4.52. The molecule has 2 aliphatic rings. The van der Waals surface area contributed by atoms with E-state index < -0.39 is 0 Å². The molecule has 0 aliphatic carbocycles. The Labute approximate surface area is 174 Å². The number of carbonyl (C=O) groups is 2. The first-order valence-corrected chi connectivity index (χ1v) is 10.3. The Morgan fingerprint density at radius 1 is 1.28 bits per heavy atom. The van der Waals surface area contributed by atoms with Crippen molar-refractivity contribution in [3.05, 3.63) is 59.2 Å². The molecule has 1 fully saturated rings. The summed E-state index contributed by atoms with van der Waals surface area (Å²) in [4.78, 5) is 31.4. The Kier molecular flexibility index (Phi) is 5.97. The number of nitrogens with one attached hydrogen (secondary N) is 2. The first kappa shape index (κ1) is 19.7. The van der Waals surface area contributed by atoms with Gasteiger partial charge < -0.3 is 20.1 Å². The molecule has 1 aromatic carbocycles. The minimum atomic E-state index is -0.263. The summed E-state index contributed by atoms with van der Waals surface area (Å²) < 4.78 is 1.87. The SMILES string of the molecule is O=C(Nc1ccccc1Cl)c1cnc2n1CCN(C(=O)/C=C/C1CCCNC1)C2. The molecule has 8 heteroatoms. The molecule has 2 aromatic rings. The number of anilines is 1. The number of fused-ring (bicyclic) bond motifs is 1. The molecule has 0 radical (unpaired) electrons. The highest BCUT2D eigenvalue weighted by molar-refractivity contribution is 6.33. The van der Waals surface area contributed by atoms with Crippen molar-refractivity contribution in [3.63, 3.8) is 0 Å². The summed E-state index contributed by atoms with van der Waals surface area (Å²) in [6, 6.07) is 7.10. The summed E-state index contributed by atoms with van der Waals surface area (Å²) in [5.74, 6) is 0.856. The van der Waals surface area contributed by atoms with Gasteiger partial charge in [-0.2, -0.15) is 0 Å². The molecule has 2 amide bonds. The third-order valence-electron chi connectivity index (χ3n) is 5.38. The molecule has 7 nitrogen and oxygen atoms in total. The van der Waals surface area contributed by atoms with Crippen LogP contribution in [-0.2, 0) is 17.9 Å². The number of amides is 2. The van der Waals surface area contributed by atoms with Crippen LogP contribution in [-0.4, -0.2) is 45.9 Å². The Hall–Kier alpha value is -2.64. The van der Waals surface area contributed by atoms with E-state index >= 15 is 0 Å². The number of hydrogen-bond donors (Lipinski definition) is 2. The van der Waals surface area contributed by atoms with Crippen molar-refractivity contribution in [1.29, 1.82) is 0 Å². The molecule has 29 heavy (non-hydrogen) atoms. The lowest BCUT2D eigenvalue weighted by molar-refractivity contribution is -0.127. The minimum Gasteiger partial charge on any atom is -0.330 e. The summed E-state index contributed by atoms with van der Waals surface area (Å²) in [7, 11) is 0. The van der Waals surface area contributed by atoms with Crippen LogP contribution in [0.5, 0.6) is 0 Å². The number of carbonyl (C=O) groups excluding carboxylic acids is 2. The van der Waals surface area contributed by atoms with Gasteiger partial charge in [0.1, 0.15) is 11.5 Å². The second-order valence-corrected chi connectivity index (χ2v) is 7.78. The largest absolute Gasteiger partial charge is 0.330 e. The third-order valence-corrected chi connectivity index (χ3v) is 5.71. The Morgan fingerprint density at radius 2 is 2.14 bits per heavy atom. The predicted molar refractivity (Wildman–Crippen MR) is 112 cm³/mol.